The third-order valence-electron chi connectivity index (χ3n) is 2.35. The van der Waals surface area contributed by atoms with E-state index in [0.29, 0.717) is 0 Å². The molecule has 0 saturated heterocycles. The summed E-state index contributed by atoms with van der Waals surface area (Å²) < 4.78 is 2.00. The molecule has 0 aliphatic carbocycles. The van der Waals surface area contributed by atoms with Crippen molar-refractivity contribution in [2.45, 2.75) is 20.4 Å². The van der Waals surface area contributed by atoms with E-state index in [1.807, 2.05) is 24.7 Å². The number of nitrogens with zero attached hydrogens (tertiary/aromatic N) is 3. The molecule has 2 aromatic rings. The Morgan fingerprint density at radius 1 is 1.47 bits per heavy atom. The molecule has 4 nitrogen and oxygen atoms in total. The number of nitrogens with one attached hydrogen (secondary N) is 1. The van der Waals surface area contributed by atoms with Crippen LogP contribution in [-0.2, 0) is 13.6 Å². The van der Waals surface area contributed by atoms with E-state index in [2.05, 4.69) is 22.2 Å². The normalized spacial score (nSPS) is 10.6. The van der Waals surface area contributed by atoms with E-state index in [-0.39, 0.29) is 0 Å². The first-order valence-electron chi connectivity index (χ1n) is 4.81. The van der Waals surface area contributed by atoms with Crippen LogP contribution in [0, 0.1) is 13.8 Å². The molecule has 0 atom stereocenters. The van der Waals surface area contributed by atoms with Gasteiger partial charge >= 0.3 is 0 Å². The Hall–Kier alpha value is -1.36. The van der Waals surface area contributed by atoms with E-state index in [0.717, 1.165) is 23.2 Å². The van der Waals surface area contributed by atoms with Crippen molar-refractivity contribution in [3.8, 4) is 0 Å². The van der Waals surface area contributed by atoms with Gasteiger partial charge in [-0.15, -0.1) is 11.3 Å². The van der Waals surface area contributed by atoms with Gasteiger partial charge in [0.15, 0.2) is 5.13 Å². The van der Waals surface area contributed by atoms with Crippen molar-refractivity contribution in [3.05, 3.63) is 28.8 Å². The Kier molecular flexibility index (Phi) is 2.73. The lowest BCUT2D eigenvalue weighted by atomic mass is 10.4. The second-order valence-electron chi connectivity index (χ2n) is 3.47. The molecule has 0 fully saturated rings. The van der Waals surface area contributed by atoms with Crippen LogP contribution in [0.4, 0.5) is 5.13 Å². The van der Waals surface area contributed by atoms with Crippen LogP contribution in [0.1, 0.15) is 16.4 Å². The Morgan fingerprint density at radius 2 is 2.27 bits per heavy atom. The smallest absolute Gasteiger partial charge is 0.183 e. The zero-order valence-corrected chi connectivity index (χ0v) is 9.93. The molecule has 2 rings (SSSR count). The van der Waals surface area contributed by atoms with Gasteiger partial charge in [0.25, 0.3) is 0 Å². The average Bonchev–Trinajstić information content (AvgIpc) is 2.72. The lowest BCUT2D eigenvalue weighted by Gasteiger charge is -2.02. The molecule has 0 amide bonds. The van der Waals surface area contributed by atoms with E-state index in [4.69, 9.17) is 0 Å². The number of rotatable bonds is 3. The highest BCUT2D eigenvalue weighted by Gasteiger charge is 2.04. The second kappa shape index (κ2) is 4.02. The molecule has 0 saturated carbocycles. The van der Waals surface area contributed by atoms with Crippen molar-refractivity contribution in [1.82, 2.24) is 14.5 Å². The zero-order valence-electron chi connectivity index (χ0n) is 9.11. The van der Waals surface area contributed by atoms with Gasteiger partial charge in [-0.1, -0.05) is 0 Å². The highest BCUT2D eigenvalue weighted by atomic mass is 32.1. The molecule has 0 radical (unpaired) electrons. The van der Waals surface area contributed by atoms with E-state index in [9.17, 15) is 0 Å². The molecule has 0 aromatic carbocycles. The first-order valence-corrected chi connectivity index (χ1v) is 5.62. The van der Waals surface area contributed by atoms with Gasteiger partial charge in [0, 0.05) is 24.3 Å². The average molecular weight is 222 g/mol. The fourth-order valence-electron chi connectivity index (χ4n) is 1.27. The Bertz CT molecular complexity index is 438. The monoisotopic (exact) mass is 222 g/mol. The summed E-state index contributed by atoms with van der Waals surface area (Å²) in [5, 5.41) is 4.24. The fraction of sp³-hybridized carbons (Fsp3) is 0.400. The maximum Gasteiger partial charge on any atom is 0.183 e. The van der Waals surface area contributed by atoms with Crippen LogP contribution in [0.25, 0.3) is 0 Å². The molecule has 0 unspecified atom stereocenters. The summed E-state index contributed by atoms with van der Waals surface area (Å²) in [5.74, 6) is 1.01. The second-order valence-corrected chi connectivity index (χ2v) is 4.67. The lowest BCUT2D eigenvalue weighted by molar-refractivity contribution is 0.812. The molecular formula is C10H14N4S. The van der Waals surface area contributed by atoms with Crippen molar-refractivity contribution in [2.75, 3.05) is 5.32 Å². The Labute approximate surface area is 93.0 Å². The SMILES string of the molecule is Cc1nc(NCc2nccn2C)sc1C. The minimum Gasteiger partial charge on any atom is -0.354 e. The lowest BCUT2D eigenvalue weighted by Crippen LogP contribution is -2.05. The number of aromatic nitrogens is 3. The predicted molar refractivity (Wildman–Crippen MR) is 62.1 cm³/mol. The molecular weight excluding hydrogens is 208 g/mol. The van der Waals surface area contributed by atoms with Gasteiger partial charge in [-0.25, -0.2) is 9.97 Å². The first-order chi connectivity index (χ1) is 7.16. The number of anilines is 1. The van der Waals surface area contributed by atoms with Gasteiger partial charge in [-0.05, 0) is 13.8 Å². The van der Waals surface area contributed by atoms with Gasteiger partial charge in [-0.3, -0.25) is 0 Å². The molecule has 0 aliphatic rings. The molecule has 0 spiro atoms. The number of hydrogen-bond donors (Lipinski definition) is 1. The molecule has 80 valence electrons. The molecule has 0 aliphatic heterocycles. The third kappa shape index (κ3) is 2.18. The minimum absolute atomic E-state index is 0.718. The molecule has 15 heavy (non-hydrogen) atoms. The Morgan fingerprint density at radius 3 is 2.80 bits per heavy atom. The fourth-order valence-corrected chi connectivity index (χ4v) is 2.08. The van der Waals surface area contributed by atoms with Crippen LogP contribution in [0.2, 0.25) is 0 Å². The van der Waals surface area contributed by atoms with Crippen molar-refractivity contribution < 1.29 is 0 Å². The first kappa shape index (κ1) is 10.2. The van der Waals surface area contributed by atoms with Crippen molar-refractivity contribution in [1.29, 1.82) is 0 Å². The van der Waals surface area contributed by atoms with Gasteiger partial charge in [0.2, 0.25) is 0 Å². The van der Waals surface area contributed by atoms with Gasteiger partial charge in [0.05, 0.1) is 12.2 Å². The highest BCUT2D eigenvalue weighted by Crippen LogP contribution is 2.21. The van der Waals surface area contributed by atoms with E-state index < -0.39 is 0 Å². The van der Waals surface area contributed by atoms with E-state index in [1.54, 1.807) is 17.5 Å². The maximum absolute atomic E-state index is 4.41. The predicted octanol–water partition coefficient (Wildman–Crippen LogP) is 2.11. The van der Waals surface area contributed by atoms with Crippen molar-refractivity contribution in [2.24, 2.45) is 7.05 Å². The molecule has 0 bridgehead atoms. The van der Waals surface area contributed by atoms with Crippen molar-refractivity contribution >= 4 is 16.5 Å². The maximum atomic E-state index is 4.41. The summed E-state index contributed by atoms with van der Waals surface area (Å²) >= 11 is 1.68. The molecule has 2 heterocycles. The van der Waals surface area contributed by atoms with E-state index in [1.165, 1.54) is 4.88 Å². The van der Waals surface area contributed by atoms with E-state index >= 15 is 0 Å². The number of imidazole rings is 1. The highest BCUT2D eigenvalue weighted by molar-refractivity contribution is 7.15. The summed E-state index contributed by atoms with van der Waals surface area (Å²) in [6.45, 7) is 4.83. The van der Waals surface area contributed by atoms with Gasteiger partial charge in [-0.2, -0.15) is 0 Å². The number of aryl methyl sites for hydroxylation is 3. The van der Waals surface area contributed by atoms with Crippen LogP contribution in [-0.4, -0.2) is 14.5 Å². The minimum atomic E-state index is 0.718. The summed E-state index contributed by atoms with van der Waals surface area (Å²) in [6, 6.07) is 0. The summed E-state index contributed by atoms with van der Waals surface area (Å²) in [7, 11) is 1.99. The summed E-state index contributed by atoms with van der Waals surface area (Å²) in [4.78, 5) is 9.91. The van der Waals surface area contributed by atoms with Gasteiger partial charge in [0.1, 0.15) is 5.82 Å². The number of thiazole rings is 1. The molecule has 5 heteroatoms. The van der Waals surface area contributed by atoms with Gasteiger partial charge < -0.3 is 9.88 Å². The molecule has 1 N–H and O–H groups in total. The summed E-state index contributed by atoms with van der Waals surface area (Å²) in [6.07, 6.45) is 3.74. The van der Waals surface area contributed by atoms with Crippen molar-refractivity contribution in [3.63, 3.8) is 0 Å². The molecule has 2 aromatic heterocycles. The Balaban J connectivity index is 2.02. The van der Waals surface area contributed by atoms with Crippen LogP contribution in [0.15, 0.2) is 12.4 Å². The van der Waals surface area contributed by atoms with Crippen LogP contribution < -0.4 is 5.32 Å². The van der Waals surface area contributed by atoms with Crippen LogP contribution >= 0.6 is 11.3 Å². The zero-order chi connectivity index (χ0) is 10.8. The van der Waals surface area contributed by atoms with Crippen LogP contribution in [0.3, 0.4) is 0 Å². The number of hydrogen-bond acceptors (Lipinski definition) is 4. The summed E-state index contributed by atoms with van der Waals surface area (Å²) in [5.41, 5.74) is 1.10. The quantitative estimate of drug-likeness (QED) is 0.865. The largest absolute Gasteiger partial charge is 0.354 e. The standard InChI is InChI=1S/C10H14N4S/c1-7-8(2)15-10(13-7)12-6-9-11-4-5-14(9)3/h4-5H,6H2,1-3H3,(H,12,13). The topological polar surface area (TPSA) is 42.7 Å². The third-order valence-corrected chi connectivity index (χ3v) is 3.38. The van der Waals surface area contributed by atoms with Crippen LogP contribution in [0.5, 0.6) is 0 Å².